The normalized spacial score (nSPS) is 29.1. The Kier molecular flexibility index (Phi) is 6.84. The molecule has 1 aromatic carbocycles. The summed E-state index contributed by atoms with van der Waals surface area (Å²) in [6, 6.07) is 6.56. The van der Waals surface area contributed by atoms with Gasteiger partial charge in [0.2, 0.25) is 15.9 Å². The van der Waals surface area contributed by atoms with Gasteiger partial charge in [-0.15, -0.1) is 11.3 Å². The first-order valence-corrected chi connectivity index (χ1v) is 15.3. The molecule has 1 N–H and O–H groups in total. The summed E-state index contributed by atoms with van der Waals surface area (Å²) in [5.74, 6) is -0.590. The van der Waals surface area contributed by atoms with Crippen molar-refractivity contribution < 1.29 is 23.1 Å². The maximum atomic E-state index is 13.6. The summed E-state index contributed by atoms with van der Waals surface area (Å²) in [7, 11) is -3.55. The molecular weight excluding hydrogens is 512 g/mol. The fraction of sp³-hybridized carbons (Fsp3) is 0.538. The first-order chi connectivity index (χ1) is 17.5. The van der Waals surface area contributed by atoms with Crippen molar-refractivity contribution in [3.8, 4) is 10.4 Å². The zero-order chi connectivity index (χ0) is 26.5. The number of nitrogens with zero attached hydrogens (tertiary/aromatic N) is 4. The highest BCUT2D eigenvalue weighted by atomic mass is 32.2. The average Bonchev–Trinajstić information content (AvgIpc) is 3.55. The van der Waals surface area contributed by atoms with Crippen LogP contribution in [0, 0.1) is 6.92 Å². The van der Waals surface area contributed by atoms with Gasteiger partial charge in [0.15, 0.2) is 0 Å². The number of aliphatic hydroxyl groups excluding tert-OH is 1. The lowest BCUT2D eigenvalue weighted by Crippen LogP contribution is -2.54. The maximum absolute atomic E-state index is 13.6. The van der Waals surface area contributed by atoms with Gasteiger partial charge in [-0.3, -0.25) is 9.59 Å². The number of aliphatic hydroxyl groups is 1. The molecule has 5 rings (SSSR count). The number of likely N-dealkylation sites (tertiary alicyclic amines) is 1. The van der Waals surface area contributed by atoms with Gasteiger partial charge in [0.25, 0.3) is 5.91 Å². The molecule has 0 saturated carbocycles. The molecule has 4 atom stereocenters. The number of benzene rings is 1. The first kappa shape index (κ1) is 26.1. The predicted octanol–water partition coefficient (Wildman–Crippen LogP) is 2.52. The van der Waals surface area contributed by atoms with E-state index in [-0.39, 0.29) is 24.8 Å². The molecular formula is C26H32N4O5S2. The number of piperidine rings is 1. The van der Waals surface area contributed by atoms with Crippen LogP contribution in [-0.4, -0.2) is 82.8 Å². The van der Waals surface area contributed by atoms with E-state index in [1.807, 2.05) is 43.6 Å². The van der Waals surface area contributed by atoms with Crippen molar-refractivity contribution in [3.05, 3.63) is 41.0 Å². The monoisotopic (exact) mass is 544 g/mol. The molecule has 198 valence electrons. The largest absolute Gasteiger partial charge is 0.391 e. The van der Waals surface area contributed by atoms with Gasteiger partial charge in [0, 0.05) is 31.6 Å². The first-order valence-electron chi connectivity index (χ1n) is 12.6. The van der Waals surface area contributed by atoms with Crippen molar-refractivity contribution in [1.82, 2.24) is 14.2 Å². The van der Waals surface area contributed by atoms with Gasteiger partial charge >= 0.3 is 0 Å². The number of β-amino-alcohol motifs (C(OH)–C–C–N with tert-alkyl or cyclic N) is 1. The van der Waals surface area contributed by atoms with Gasteiger partial charge in [-0.2, -0.15) is 4.31 Å². The Morgan fingerprint density at radius 2 is 1.95 bits per heavy atom. The van der Waals surface area contributed by atoms with Crippen LogP contribution in [0.3, 0.4) is 0 Å². The van der Waals surface area contributed by atoms with Crippen LogP contribution in [0.5, 0.6) is 0 Å². The van der Waals surface area contributed by atoms with E-state index in [1.165, 1.54) is 4.31 Å². The second kappa shape index (κ2) is 9.68. The fourth-order valence-electron chi connectivity index (χ4n) is 5.83. The topological polar surface area (TPSA) is 120 Å². The lowest BCUT2D eigenvalue weighted by atomic mass is 9.78. The second-order valence-corrected chi connectivity index (χ2v) is 13.3. The molecule has 2 aromatic rings. The van der Waals surface area contributed by atoms with Crippen molar-refractivity contribution in [2.75, 3.05) is 19.3 Å². The number of carbonyl (C=O) groups is 2. The number of hydrogen-bond acceptors (Lipinski definition) is 7. The molecule has 0 unspecified atom stereocenters. The highest BCUT2D eigenvalue weighted by molar-refractivity contribution is 7.88. The smallest absolute Gasteiger partial charge is 0.256 e. The SMILES string of the molecule is Cc1ncsc1-c1ccc([C@]2(C)CC([C@H]3C[C@@H](O)CN3C(=O)[C@@H]3CCCCN3S(C)(=O)=O)=NC2=O)cc1. The lowest BCUT2D eigenvalue weighted by Gasteiger charge is -2.36. The number of aromatic nitrogens is 1. The van der Waals surface area contributed by atoms with Crippen molar-refractivity contribution >= 4 is 38.9 Å². The molecule has 2 saturated heterocycles. The Hall–Kier alpha value is -2.47. The van der Waals surface area contributed by atoms with Crippen LogP contribution in [0.25, 0.3) is 10.4 Å². The summed E-state index contributed by atoms with van der Waals surface area (Å²) in [6.45, 7) is 4.24. The predicted molar refractivity (Wildman–Crippen MR) is 142 cm³/mol. The molecule has 0 spiro atoms. The molecule has 0 bridgehead atoms. The van der Waals surface area contributed by atoms with Crippen LogP contribution in [0.15, 0.2) is 34.8 Å². The minimum absolute atomic E-state index is 0.102. The van der Waals surface area contributed by atoms with Crippen LogP contribution >= 0.6 is 11.3 Å². The highest BCUT2D eigenvalue weighted by Gasteiger charge is 2.49. The van der Waals surface area contributed by atoms with Gasteiger partial charge in [-0.25, -0.2) is 18.4 Å². The lowest BCUT2D eigenvalue weighted by molar-refractivity contribution is -0.136. The molecule has 0 aliphatic carbocycles. The standard InChI is InChI=1S/C26H32N4O5S2/c1-16-23(36-15-27-16)17-7-9-18(10-8-17)26(2)13-20(28-25(26)33)22-12-19(31)14-29(22)24(32)21-6-4-5-11-30(21)37(3,34)35/h7-10,15,19,21-22,31H,4-6,11-14H2,1-3H3/t19-,21+,22-,26+/m1/s1. The molecule has 2 fully saturated rings. The molecule has 3 aliphatic heterocycles. The highest BCUT2D eigenvalue weighted by Crippen LogP contribution is 2.39. The summed E-state index contributed by atoms with van der Waals surface area (Å²) < 4.78 is 26.0. The molecule has 37 heavy (non-hydrogen) atoms. The zero-order valence-electron chi connectivity index (χ0n) is 21.3. The van der Waals surface area contributed by atoms with E-state index in [0.717, 1.165) is 34.4 Å². The molecule has 9 nitrogen and oxygen atoms in total. The van der Waals surface area contributed by atoms with Gasteiger partial charge in [-0.1, -0.05) is 30.7 Å². The van der Waals surface area contributed by atoms with Crippen LogP contribution in [0.4, 0.5) is 0 Å². The Balaban J connectivity index is 1.38. The third kappa shape index (κ3) is 4.78. The molecule has 1 aromatic heterocycles. The number of amides is 2. The summed E-state index contributed by atoms with van der Waals surface area (Å²) in [5.41, 5.74) is 4.35. The Bertz CT molecular complexity index is 1350. The number of rotatable bonds is 5. The molecule has 0 radical (unpaired) electrons. The molecule has 11 heteroatoms. The number of sulfonamides is 1. The Morgan fingerprint density at radius 1 is 1.22 bits per heavy atom. The van der Waals surface area contributed by atoms with Crippen molar-refractivity contribution in [2.24, 2.45) is 4.99 Å². The molecule has 4 heterocycles. The van der Waals surface area contributed by atoms with Crippen LogP contribution in [0.1, 0.15) is 50.3 Å². The second-order valence-electron chi connectivity index (χ2n) is 10.5. The summed E-state index contributed by atoms with van der Waals surface area (Å²) >= 11 is 1.57. The number of hydrogen-bond donors (Lipinski definition) is 1. The number of aryl methyl sites for hydroxylation is 1. The minimum Gasteiger partial charge on any atom is -0.391 e. The van der Waals surface area contributed by atoms with E-state index in [2.05, 4.69) is 9.98 Å². The van der Waals surface area contributed by atoms with E-state index in [1.54, 1.807) is 16.2 Å². The van der Waals surface area contributed by atoms with Gasteiger partial charge in [0.1, 0.15) is 6.04 Å². The number of aliphatic imine (C=N–C) groups is 1. The number of carbonyl (C=O) groups excluding carboxylic acids is 2. The fourth-order valence-corrected chi connectivity index (χ4v) is 7.76. The summed E-state index contributed by atoms with van der Waals surface area (Å²) in [4.78, 5) is 38.2. The van der Waals surface area contributed by atoms with E-state index in [4.69, 9.17) is 0 Å². The zero-order valence-corrected chi connectivity index (χ0v) is 22.9. The summed E-state index contributed by atoms with van der Waals surface area (Å²) in [5, 5.41) is 10.5. The third-order valence-corrected chi connectivity index (χ3v) is 10.2. The van der Waals surface area contributed by atoms with Crippen molar-refractivity contribution in [2.45, 2.75) is 69.6 Å². The minimum atomic E-state index is -3.55. The quantitative estimate of drug-likeness (QED) is 0.618. The van der Waals surface area contributed by atoms with Crippen molar-refractivity contribution in [3.63, 3.8) is 0 Å². The van der Waals surface area contributed by atoms with Gasteiger partial charge in [-0.05, 0) is 37.8 Å². The molecule has 3 aliphatic rings. The van der Waals surface area contributed by atoms with E-state index in [9.17, 15) is 23.1 Å². The van der Waals surface area contributed by atoms with Crippen molar-refractivity contribution in [1.29, 1.82) is 0 Å². The van der Waals surface area contributed by atoms with Gasteiger partial charge < -0.3 is 10.0 Å². The maximum Gasteiger partial charge on any atom is 0.256 e. The Morgan fingerprint density at radius 3 is 2.59 bits per heavy atom. The summed E-state index contributed by atoms with van der Waals surface area (Å²) in [6.07, 6.45) is 2.91. The molecule has 2 amide bonds. The third-order valence-electron chi connectivity index (χ3n) is 7.89. The number of thiazole rings is 1. The van der Waals surface area contributed by atoms with Crippen LogP contribution in [0.2, 0.25) is 0 Å². The van der Waals surface area contributed by atoms with Crippen LogP contribution in [-0.2, 0) is 25.0 Å². The van der Waals surface area contributed by atoms with Gasteiger partial charge in [0.05, 0.1) is 39.9 Å². The van der Waals surface area contributed by atoms with Crippen LogP contribution < -0.4 is 0 Å². The van der Waals surface area contributed by atoms with E-state index < -0.39 is 33.6 Å². The van der Waals surface area contributed by atoms with E-state index in [0.29, 0.717) is 31.5 Å². The van der Waals surface area contributed by atoms with E-state index >= 15 is 0 Å². The average molecular weight is 545 g/mol. The Labute approximate surface area is 221 Å².